The minimum absolute atomic E-state index is 0.599. The monoisotopic (exact) mass is 352 g/mol. The maximum Gasteiger partial charge on any atom is 0.201 e. The first-order valence-electron chi connectivity index (χ1n) is 9.22. The van der Waals surface area contributed by atoms with Gasteiger partial charge < -0.3 is 19.9 Å². The first kappa shape index (κ1) is 18.1. The van der Waals surface area contributed by atoms with Crippen LogP contribution in [0.15, 0.2) is 42.5 Å². The first-order valence-corrected chi connectivity index (χ1v) is 9.22. The van der Waals surface area contributed by atoms with E-state index in [0.29, 0.717) is 5.95 Å². The van der Waals surface area contributed by atoms with Gasteiger partial charge in [-0.15, -0.1) is 0 Å². The van der Waals surface area contributed by atoms with Crippen LogP contribution in [0.4, 0.5) is 11.6 Å². The Labute approximate surface area is 155 Å². The van der Waals surface area contributed by atoms with Crippen LogP contribution in [0.2, 0.25) is 0 Å². The molecule has 5 nitrogen and oxygen atoms in total. The molecular formula is C21H28N4O. The third kappa shape index (κ3) is 3.77. The van der Waals surface area contributed by atoms with Gasteiger partial charge in [-0.25, -0.2) is 4.98 Å². The molecule has 2 aromatic carbocycles. The van der Waals surface area contributed by atoms with Crippen molar-refractivity contribution in [2.24, 2.45) is 0 Å². The van der Waals surface area contributed by atoms with E-state index in [-0.39, 0.29) is 0 Å². The number of anilines is 2. The van der Waals surface area contributed by atoms with E-state index in [9.17, 15) is 0 Å². The molecule has 5 heteroatoms. The van der Waals surface area contributed by atoms with E-state index in [1.54, 1.807) is 7.11 Å². The summed E-state index contributed by atoms with van der Waals surface area (Å²) in [5, 5.41) is 0. The molecule has 138 valence electrons. The highest BCUT2D eigenvalue weighted by atomic mass is 16.5. The van der Waals surface area contributed by atoms with E-state index in [1.165, 1.54) is 18.4 Å². The van der Waals surface area contributed by atoms with E-state index in [0.717, 1.165) is 42.0 Å². The molecule has 3 rings (SSSR count). The Morgan fingerprint density at radius 1 is 1.12 bits per heavy atom. The van der Waals surface area contributed by atoms with Crippen molar-refractivity contribution >= 4 is 22.7 Å². The summed E-state index contributed by atoms with van der Waals surface area (Å²) in [5.74, 6) is 1.47. The number of nitrogens with zero attached hydrogens (tertiary/aromatic N) is 3. The van der Waals surface area contributed by atoms with Gasteiger partial charge in [0, 0.05) is 20.1 Å². The summed E-state index contributed by atoms with van der Waals surface area (Å²) in [5.41, 5.74) is 10.6. The molecule has 0 unspecified atom stereocenters. The molecule has 3 aromatic rings. The number of nitrogens with two attached hydrogens (primary N) is 1. The maximum atomic E-state index is 6.21. The van der Waals surface area contributed by atoms with Gasteiger partial charge in [-0.05, 0) is 36.2 Å². The highest BCUT2D eigenvalue weighted by Gasteiger charge is 2.14. The molecule has 0 aliphatic heterocycles. The number of nitrogen functional groups attached to an aromatic ring is 1. The van der Waals surface area contributed by atoms with Crippen molar-refractivity contribution in [1.82, 2.24) is 9.55 Å². The average molecular weight is 352 g/mol. The van der Waals surface area contributed by atoms with Gasteiger partial charge in [0.25, 0.3) is 0 Å². The minimum atomic E-state index is 0.599. The lowest BCUT2D eigenvalue weighted by atomic mass is 10.2. The molecule has 0 bridgehead atoms. The van der Waals surface area contributed by atoms with E-state index in [4.69, 9.17) is 10.5 Å². The average Bonchev–Trinajstić information content (AvgIpc) is 2.98. The fourth-order valence-corrected chi connectivity index (χ4v) is 3.30. The lowest BCUT2D eigenvalue weighted by Gasteiger charge is -2.20. The number of unbranched alkanes of at least 4 members (excludes halogenated alkanes) is 2. The molecule has 0 saturated carbocycles. The molecule has 1 aromatic heterocycles. The summed E-state index contributed by atoms with van der Waals surface area (Å²) in [6, 6.07) is 14.5. The number of rotatable bonds is 8. The van der Waals surface area contributed by atoms with Crippen molar-refractivity contribution in [2.45, 2.75) is 39.3 Å². The largest absolute Gasteiger partial charge is 0.497 e. The van der Waals surface area contributed by atoms with Crippen LogP contribution in [-0.4, -0.2) is 23.7 Å². The predicted molar refractivity (Wildman–Crippen MR) is 109 cm³/mol. The molecule has 0 aliphatic rings. The smallest absolute Gasteiger partial charge is 0.201 e. The van der Waals surface area contributed by atoms with E-state index in [1.807, 2.05) is 12.1 Å². The molecule has 0 spiro atoms. The fourth-order valence-electron chi connectivity index (χ4n) is 3.30. The van der Waals surface area contributed by atoms with Crippen molar-refractivity contribution in [3.8, 4) is 5.75 Å². The first-order chi connectivity index (χ1) is 12.6. The molecule has 0 atom stereocenters. The van der Waals surface area contributed by atoms with Crippen molar-refractivity contribution < 1.29 is 4.74 Å². The molecule has 1 heterocycles. The van der Waals surface area contributed by atoms with Crippen molar-refractivity contribution in [3.63, 3.8) is 0 Å². The fraction of sp³-hybridized carbons (Fsp3) is 0.381. The molecule has 0 saturated heterocycles. The number of benzene rings is 2. The molecule has 0 fully saturated rings. The second-order valence-corrected chi connectivity index (χ2v) is 6.68. The molecule has 2 N–H and O–H groups in total. The normalized spacial score (nSPS) is 11.0. The third-order valence-corrected chi connectivity index (χ3v) is 4.76. The Kier molecular flexibility index (Phi) is 5.66. The van der Waals surface area contributed by atoms with Gasteiger partial charge in [-0.3, -0.25) is 0 Å². The van der Waals surface area contributed by atoms with Crippen LogP contribution < -0.4 is 15.4 Å². The van der Waals surface area contributed by atoms with Crippen LogP contribution in [0.3, 0.4) is 0 Å². The van der Waals surface area contributed by atoms with Crippen LogP contribution in [-0.2, 0) is 13.1 Å². The zero-order valence-electron chi connectivity index (χ0n) is 15.9. The Morgan fingerprint density at radius 2 is 1.88 bits per heavy atom. The third-order valence-electron chi connectivity index (χ3n) is 4.76. The van der Waals surface area contributed by atoms with Gasteiger partial charge >= 0.3 is 0 Å². The van der Waals surface area contributed by atoms with Crippen LogP contribution in [0.5, 0.6) is 5.75 Å². The number of fused-ring (bicyclic) bond motifs is 1. The Balaban J connectivity index is 1.85. The maximum absolute atomic E-state index is 6.21. The standard InChI is InChI=1S/C21H28N4O/c1-4-5-6-14-25-19-9-7-8-18(20(19)23-21(25)22)24(2)15-16-10-12-17(26-3)13-11-16/h7-13H,4-6,14-15H2,1-3H3,(H2,22,23). The quantitative estimate of drug-likeness (QED) is 0.608. The van der Waals surface area contributed by atoms with Crippen molar-refractivity contribution in [2.75, 3.05) is 24.8 Å². The Bertz CT molecular complexity index is 854. The minimum Gasteiger partial charge on any atom is -0.497 e. The topological polar surface area (TPSA) is 56.3 Å². The van der Waals surface area contributed by atoms with Crippen molar-refractivity contribution in [3.05, 3.63) is 48.0 Å². The highest BCUT2D eigenvalue weighted by Crippen LogP contribution is 2.29. The van der Waals surface area contributed by atoms with Gasteiger partial charge in [-0.2, -0.15) is 0 Å². The molecule has 0 amide bonds. The van der Waals surface area contributed by atoms with Gasteiger partial charge in [0.15, 0.2) is 0 Å². The molecule has 0 radical (unpaired) electrons. The van der Waals surface area contributed by atoms with Crippen LogP contribution in [0.25, 0.3) is 11.0 Å². The van der Waals surface area contributed by atoms with Gasteiger partial charge in [-0.1, -0.05) is 38.0 Å². The van der Waals surface area contributed by atoms with Gasteiger partial charge in [0.2, 0.25) is 5.95 Å². The van der Waals surface area contributed by atoms with E-state index < -0.39 is 0 Å². The molecule has 0 aliphatic carbocycles. The van der Waals surface area contributed by atoms with E-state index >= 15 is 0 Å². The Hall–Kier alpha value is -2.69. The number of aryl methyl sites for hydroxylation is 1. The number of methoxy groups -OCH3 is 1. The summed E-state index contributed by atoms with van der Waals surface area (Å²) in [6.07, 6.45) is 3.52. The van der Waals surface area contributed by atoms with E-state index in [2.05, 4.69) is 58.8 Å². The summed E-state index contributed by atoms with van der Waals surface area (Å²) >= 11 is 0. The number of para-hydroxylation sites is 1. The zero-order chi connectivity index (χ0) is 18.5. The lowest BCUT2D eigenvalue weighted by molar-refractivity contribution is 0.414. The highest BCUT2D eigenvalue weighted by molar-refractivity contribution is 5.90. The Morgan fingerprint density at radius 3 is 2.58 bits per heavy atom. The number of imidazole rings is 1. The predicted octanol–water partition coefficient (Wildman–Crippen LogP) is 4.45. The summed E-state index contributed by atoms with van der Waals surface area (Å²) < 4.78 is 7.37. The second-order valence-electron chi connectivity index (χ2n) is 6.68. The second kappa shape index (κ2) is 8.13. The summed E-state index contributed by atoms with van der Waals surface area (Å²) in [6.45, 7) is 3.93. The van der Waals surface area contributed by atoms with Crippen LogP contribution >= 0.6 is 0 Å². The summed E-state index contributed by atoms with van der Waals surface area (Å²) in [4.78, 5) is 6.88. The number of aromatic nitrogens is 2. The number of ether oxygens (including phenoxy) is 1. The zero-order valence-corrected chi connectivity index (χ0v) is 15.9. The molecule has 26 heavy (non-hydrogen) atoms. The SMILES string of the molecule is CCCCCn1c(N)nc2c(N(C)Cc3ccc(OC)cc3)cccc21. The van der Waals surface area contributed by atoms with Gasteiger partial charge in [0.1, 0.15) is 11.3 Å². The number of hydrogen-bond acceptors (Lipinski definition) is 4. The van der Waals surface area contributed by atoms with Crippen LogP contribution in [0, 0.1) is 0 Å². The molecular weight excluding hydrogens is 324 g/mol. The summed E-state index contributed by atoms with van der Waals surface area (Å²) in [7, 11) is 3.77. The lowest BCUT2D eigenvalue weighted by Crippen LogP contribution is -2.16. The van der Waals surface area contributed by atoms with Gasteiger partial charge in [0.05, 0.1) is 18.3 Å². The number of hydrogen-bond donors (Lipinski definition) is 1. The van der Waals surface area contributed by atoms with Crippen molar-refractivity contribution in [1.29, 1.82) is 0 Å². The van der Waals surface area contributed by atoms with Crippen LogP contribution in [0.1, 0.15) is 31.7 Å².